The fourth-order valence-corrected chi connectivity index (χ4v) is 3.47. The predicted molar refractivity (Wildman–Crippen MR) is 84.7 cm³/mol. The fraction of sp³-hybridized carbons (Fsp3) is 0.533. The maximum atomic E-state index is 6.10. The molecule has 1 saturated heterocycles. The quantitative estimate of drug-likeness (QED) is 0.757. The third-order valence-electron chi connectivity index (χ3n) is 4.17. The van der Waals surface area contributed by atoms with Gasteiger partial charge in [-0.3, -0.25) is 9.47 Å². The third-order valence-corrected chi connectivity index (χ3v) is 4.71. The zero-order valence-corrected chi connectivity index (χ0v) is 13.2. The van der Waals surface area contributed by atoms with Crippen LogP contribution in [-0.4, -0.2) is 22.1 Å². The number of piperidine rings is 1. The molecule has 3 nitrogen and oxygen atoms in total. The van der Waals surface area contributed by atoms with Gasteiger partial charge in [0.05, 0.1) is 12.2 Å². The number of likely N-dealkylation sites (tertiary alicyclic amines) is 1. The molecule has 108 valence electrons. The van der Waals surface area contributed by atoms with E-state index in [1.165, 1.54) is 25.7 Å². The second-order valence-corrected chi connectivity index (χ2v) is 6.21. The Hall–Kier alpha value is -0.840. The Bertz CT molecular complexity index is 663. The lowest BCUT2D eigenvalue weighted by Gasteiger charge is -2.35. The highest BCUT2D eigenvalue weighted by Crippen LogP contribution is 2.25. The van der Waals surface area contributed by atoms with Gasteiger partial charge < -0.3 is 4.42 Å². The molecular weight excluding hydrogens is 292 g/mol. The number of rotatable bonds is 3. The molecule has 0 saturated carbocycles. The summed E-state index contributed by atoms with van der Waals surface area (Å²) in [6.07, 6.45) is 5.06. The Morgan fingerprint density at radius 1 is 1.40 bits per heavy atom. The van der Waals surface area contributed by atoms with Gasteiger partial charge in [0.2, 0.25) is 0 Å². The van der Waals surface area contributed by atoms with E-state index in [4.69, 9.17) is 28.2 Å². The van der Waals surface area contributed by atoms with Crippen molar-refractivity contribution in [3.8, 4) is 0 Å². The molecule has 0 spiro atoms. The smallest absolute Gasteiger partial charge is 0.270 e. The molecule has 3 rings (SSSR count). The summed E-state index contributed by atoms with van der Waals surface area (Å²) < 4.78 is 7.72. The Morgan fingerprint density at radius 2 is 2.25 bits per heavy atom. The summed E-state index contributed by atoms with van der Waals surface area (Å²) in [6, 6.07) is 6.30. The molecule has 0 aliphatic carbocycles. The van der Waals surface area contributed by atoms with Crippen molar-refractivity contribution in [1.82, 2.24) is 9.47 Å². The van der Waals surface area contributed by atoms with Crippen molar-refractivity contribution >= 4 is 34.9 Å². The summed E-state index contributed by atoms with van der Waals surface area (Å²) >= 11 is 11.5. The van der Waals surface area contributed by atoms with Crippen molar-refractivity contribution in [3.63, 3.8) is 0 Å². The van der Waals surface area contributed by atoms with Gasteiger partial charge >= 0.3 is 0 Å². The zero-order chi connectivity index (χ0) is 14.1. The van der Waals surface area contributed by atoms with E-state index in [2.05, 4.69) is 16.4 Å². The molecule has 0 unspecified atom stereocenters. The fourth-order valence-electron chi connectivity index (χ4n) is 3.06. The monoisotopic (exact) mass is 310 g/mol. The highest BCUT2D eigenvalue weighted by molar-refractivity contribution is 7.71. The van der Waals surface area contributed by atoms with Crippen molar-refractivity contribution in [2.75, 3.05) is 6.54 Å². The summed E-state index contributed by atoms with van der Waals surface area (Å²) in [4.78, 5) is 3.04. The Kier molecular flexibility index (Phi) is 4.15. The van der Waals surface area contributed by atoms with Crippen LogP contribution < -0.4 is 0 Å². The molecule has 1 aromatic carbocycles. The molecule has 1 aliphatic heterocycles. The van der Waals surface area contributed by atoms with Gasteiger partial charge in [-0.25, -0.2) is 0 Å². The van der Waals surface area contributed by atoms with Crippen molar-refractivity contribution in [2.45, 2.75) is 45.3 Å². The maximum Gasteiger partial charge on any atom is 0.270 e. The van der Waals surface area contributed by atoms with Crippen molar-refractivity contribution in [3.05, 3.63) is 28.1 Å². The first-order valence-electron chi connectivity index (χ1n) is 7.22. The number of halogens is 1. The van der Waals surface area contributed by atoms with Crippen LogP contribution in [0, 0.1) is 4.84 Å². The minimum atomic E-state index is 0.530. The van der Waals surface area contributed by atoms with E-state index >= 15 is 0 Å². The molecule has 1 atom stereocenters. The lowest BCUT2D eigenvalue weighted by Crippen LogP contribution is -2.40. The molecule has 0 N–H and O–H groups in total. The second kappa shape index (κ2) is 5.88. The topological polar surface area (TPSA) is 21.3 Å². The van der Waals surface area contributed by atoms with Gasteiger partial charge in [-0.05, 0) is 49.7 Å². The predicted octanol–water partition coefficient (Wildman–Crippen LogP) is 4.84. The van der Waals surface area contributed by atoms with Crippen LogP contribution in [0.5, 0.6) is 0 Å². The summed E-state index contributed by atoms with van der Waals surface area (Å²) in [5.41, 5.74) is 1.80. The lowest BCUT2D eigenvalue weighted by atomic mass is 10.0. The molecule has 0 radical (unpaired) electrons. The average Bonchev–Trinajstić information content (AvgIpc) is 2.76. The molecule has 1 aromatic heterocycles. The van der Waals surface area contributed by atoms with E-state index in [-0.39, 0.29) is 0 Å². The van der Waals surface area contributed by atoms with E-state index in [0.29, 0.717) is 15.9 Å². The summed E-state index contributed by atoms with van der Waals surface area (Å²) in [5.74, 6) is 0. The molecule has 2 aromatic rings. The van der Waals surface area contributed by atoms with Gasteiger partial charge in [0.1, 0.15) is 0 Å². The van der Waals surface area contributed by atoms with Gasteiger partial charge in [-0.2, -0.15) is 0 Å². The van der Waals surface area contributed by atoms with Gasteiger partial charge in [0.25, 0.3) is 4.84 Å². The first kappa shape index (κ1) is 14.1. The average molecular weight is 311 g/mol. The van der Waals surface area contributed by atoms with E-state index < -0.39 is 0 Å². The Balaban J connectivity index is 1.95. The van der Waals surface area contributed by atoms with Gasteiger partial charge in [-0.15, -0.1) is 0 Å². The van der Waals surface area contributed by atoms with E-state index in [1.807, 2.05) is 18.2 Å². The molecule has 2 heterocycles. The number of hydrogen-bond acceptors (Lipinski definition) is 3. The van der Waals surface area contributed by atoms with Crippen LogP contribution in [0.15, 0.2) is 22.6 Å². The van der Waals surface area contributed by atoms with E-state index in [9.17, 15) is 0 Å². The number of hydrogen-bond donors (Lipinski definition) is 0. The Morgan fingerprint density at radius 3 is 3.05 bits per heavy atom. The molecule has 1 fully saturated rings. The van der Waals surface area contributed by atoms with Crippen LogP contribution in [-0.2, 0) is 6.67 Å². The number of nitrogens with zero attached hydrogens (tertiary/aromatic N) is 2. The molecule has 0 bridgehead atoms. The standard InChI is InChI=1S/C15H19ClN2OS/c1-2-12-5-3-4-8-17(12)10-18-13-9-11(16)6-7-14(13)19-15(18)20/h6-7,9,12H,2-5,8,10H2,1H3/t12-/m0/s1. The van der Waals surface area contributed by atoms with Gasteiger partial charge in [0.15, 0.2) is 5.58 Å². The first-order valence-corrected chi connectivity index (χ1v) is 8.00. The molecular formula is C15H19ClN2OS. The second-order valence-electron chi connectivity index (χ2n) is 5.42. The number of benzene rings is 1. The molecule has 0 amide bonds. The minimum Gasteiger partial charge on any atom is -0.429 e. The summed E-state index contributed by atoms with van der Waals surface area (Å²) in [6.45, 7) is 4.19. The molecule has 20 heavy (non-hydrogen) atoms. The zero-order valence-electron chi connectivity index (χ0n) is 11.6. The van der Waals surface area contributed by atoms with Crippen molar-refractivity contribution < 1.29 is 4.42 Å². The number of aromatic nitrogens is 1. The molecule has 1 aliphatic rings. The highest BCUT2D eigenvalue weighted by Gasteiger charge is 2.22. The van der Waals surface area contributed by atoms with Crippen molar-refractivity contribution in [1.29, 1.82) is 0 Å². The van der Waals surface area contributed by atoms with Gasteiger partial charge in [-0.1, -0.05) is 24.9 Å². The normalized spacial score (nSPS) is 20.6. The molecule has 5 heteroatoms. The largest absolute Gasteiger partial charge is 0.429 e. The van der Waals surface area contributed by atoms with Crippen LogP contribution in [0.1, 0.15) is 32.6 Å². The lowest BCUT2D eigenvalue weighted by molar-refractivity contribution is 0.107. The first-order chi connectivity index (χ1) is 9.69. The minimum absolute atomic E-state index is 0.530. The van der Waals surface area contributed by atoms with Crippen LogP contribution >= 0.6 is 23.8 Å². The SMILES string of the molecule is CC[C@H]1CCCCN1Cn1c(=S)oc2ccc(Cl)cc21. The van der Waals surface area contributed by atoms with Crippen LogP contribution in [0.2, 0.25) is 5.02 Å². The summed E-state index contributed by atoms with van der Waals surface area (Å²) in [5, 5.41) is 0.715. The van der Waals surface area contributed by atoms with Crippen LogP contribution in [0.4, 0.5) is 0 Å². The van der Waals surface area contributed by atoms with Crippen LogP contribution in [0.3, 0.4) is 0 Å². The maximum absolute atomic E-state index is 6.10. The number of fused-ring (bicyclic) bond motifs is 1. The van der Waals surface area contributed by atoms with Crippen LogP contribution in [0.25, 0.3) is 11.1 Å². The Labute approximate surface area is 129 Å². The van der Waals surface area contributed by atoms with Crippen molar-refractivity contribution in [2.24, 2.45) is 0 Å². The van der Waals surface area contributed by atoms with E-state index in [0.717, 1.165) is 24.3 Å². The number of oxazole rings is 1. The highest BCUT2D eigenvalue weighted by atomic mass is 35.5. The summed E-state index contributed by atoms with van der Waals surface area (Å²) in [7, 11) is 0. The van der Waals surface area contributed by atoms with Gasteiger partial charge in [0, 0.05) is 17.6 Å². The van der Waals surface area contributed by atoms with E-state index in [1.54, 1.807) is 0 Å². The third kappa shape index (κ3) is 2.65.